The maximum absolute atomic E-state index is 12.6. The van der Waals surface area contributed by atoms with E-state index >= 15 is 0 Å². The molecule has 15 N–H and O–H groups in total. The second-order valence-electron chi connectivity index (χ2n) is 13.0. The van der Waals surface area contributed by atoms with Gasteiger partial charge in [-0.1, -0.05) is 0 Å². The summed E-state index contributed by atoms with van der Waals surface area (Å²) >= 11 is 0. The van der Waals surface area contributed by atoms with Crippen molar-refractivity contribution >= 4 is 23.8 Å². The standard InChI is InChI=1S/C29H49N3O21/c1-8(15(30)25(44)45)49-26-17(32-10(3)36)23(20(41)13(6-34)50-26)52-27-22(43)21(42)19(40)14(51-27)7-48-29(28(46)47)4-11(37)16(31-9(2)35)24(53-29)18(39)12(38)5-33/h8,11-24,26-27,33-34,37-43H,4-7,30H2,1-3H3,(H,31,35)(H,32,36)(H,44,45)(H,46,47)/t8-,11+,12-,13-,14-,15+,16-,17-,18-,19+,20+,21+,22-,23-,24-,26+,27+,29-/m1/s1. The normalized spacial score (nSPS) is 40.0. The van der Waals surface area contributed by atoms with E-state index in [0.29, 0.717) is 0 Å². The molecule has 53 heavy (non-hydrogen) atoms. The second kappa shape index (κ2) is 18.7. The first-order chi connectivity index (χ1) is 24.7. The molecule has 24 nitrogen and oxygen atoms in total. The summed E-state index contributed by atoms with van der Waals surface area (Å²) in [5, 5.41) is 118. The molecule has 0 aromatic carbocycles. The van der Waals surface area contributed by atoms with Crippen LogP contribution in [0.4, 0.5) is 0 Å². The topological polar surface area (TPSA) is 396 Å². The Morgan fingerprint density at radius 1 is 0.868 bits per heavy atom. The monoisotopic (exact) mass is 775 g/mol. The first-order valence-corrected chi connectivity index (χ1v) is 16.4. The van der Waals surface area contributed by atoms with Crippen LogP contribution in [0.3, 0.4) is 0 Å². The fraction of sp³-hybridized carbons (Fsp3) is 0.862. The number of carboxylic acids is 2. The Labute approximate surface area is 300 Å². The number of carbonyl (C=O) groups is 4. The lowest BCUT2D eigenvalue weighted by Gasteiger charge is -2.49. The molecule has 3 rings (SSSR count). The van der Waals surface area contributed by atoms with Crippen LogP contribution in [0.1, 0.15) is 27.2 Å². The molecule has 0 aromatic heterocycles. The molecule has 24 heteroatoms. The van der Waals surface area contributed by atoms with E-state index in [2.05, 4.69) is 10.6 Å². The number of amides is 2. The van der Waals surface area contributed by atoms with Crippen molar-refractivity contribution in [1.29, 1.82) is 0 Å². The van der Waals surface area contributed by atoms with Crippen molar-refractivity contribution in [2.75, 3.05) is 19.8 Å². The Bertz CT molecular complexity index is 1270. The first kappa shape index (κ1) is 44.6. The van der Waals surface area contributed by atoms with Gasteiger partial charge in [-0.3, -0.25) is 14.4 Å². The summed E-state index contributed by atoms with van der Waals surface area (Å²) in [6.07, 6.45) is -26.9. The number of aliphatic carboxylic acids is 2. The summed E-state index contributed by atoms with van der Waals surface area (Å²) in [7, 11) is 0. The van der Waals surface area contributed by atoms with E-state index in [0.717, 1.165) is 13.8 Å². The Balaban J connectivity index is 1.90. The third kappa shape index (κ3) is 10.3. The molecule has 0 bridgehead atoms. The van der Waals surface area contributed by atoms with Gasteiger partial charge in [0.05, 0.1) is 38.1 Å². The minimum atomic E-state index is -2.89. The highest BCUT2D eigenvalue weighted by atomic mass is 16.8. The summed E-state index contributed by atoms with van der Waals surface area (Å²) in [4.78, 5) is 48.0. The van der Waals surface area contributed by atoms with Crippen molar-refractivity contribution in [3.63, 3.8) is 0 Å². The lowest BCUT2D eigenvalue weighted by Crippen LogP contribution is -2.69. The second-order valence-corrected chi connectivity index (χ2v) is 13.0. The molecular formula is C29H49N3O21. The van der Waals surface area contributed by atoms with Crippen molar-refractivity contribution in [2.45, 2.75) is 137 Å². The van der Waals surface area contributed by atoms with Crippen LogP contribution >= 0.6 is 0 Å². The average Bonchev–Trinajstić information content (AvgIpc) is 3.09. The Morgan fingerprint density at radius 2 is 1.45 bits per heavy atom. The smallest absolute Gasteiger partial charge is 0.364 e. The van der Waals surface area contributed by atoms with Crippen molar-refractivity contribution in [3.8, 4) is 0 Å². The molecule has 0 spiro atoms. The van der Waals surface area contributed by atoms with Crippen LogP contribution in [0.15, 0.2) is 0 Å². The number of aliphatic hydroxyl groups excluding tert-OH is 9. The van der Waals surface area contributed by atoms with Crippen LogP contribution < -0.4 is 16.4 Å². The molecule has 306 valence electrons. The summed E-state index contributed by atoms with van der Waals surface area (Å²) < 4.78 is 33.6. The highest BCUT2D eigenvalue weighted by molar-refractivity contribution is 5.76. The lowest BCUT2D eigenvalue weighted by atomic mass is 9.88. The van der Waals surface area contributed by atoms with Crippen LogP contribution in [0, 0.1) is 0 Å². The highest BCUT2D eigenvalue weighted by Crippen LogP contribution is 2.35. The molecular weight excluding hydrogens is 726 g/mol. The van der Waals surface area contributed by atoms with E-state index < -0.39 is 160 Å². The summed E-state index contributed by atoms with van der Waals surface area (Å²) in [5.41, 5.74) is 5.63. The predicted octanol–water partition coefficient (Wildman–Crippen LogP) is -8.25. The number of hydrogen-bond acceptors (Lipinski definition) is 20. The van der Waals surface area contributed by atoms with Gasteiger partial charge in [-0.15, -0.1) is 0 Å². The Morgan fingerprint density at radius 3 is 1.98 bits per heavy atom. The van der Waals surface area contributed by atoms with Crippen LogP contribution in [-0.2, 0) is 47.6 Å². The average molecular weight is 776 g/mol. The van der Waals surface area contributed by atoms with Crippen molar-refractivity contribution in [1.82, 2.24) is 10.6 Å². The Hall–Kier alpha value is -2.76. The fourth-order valence-corrected chi connectivity index (χ4v) is 6.05. The maximum atomic E-state index is 12.6. The largest absolute Gasteiger partial charge is 0.480 e. The number of hydrogen-bond donors (Lipinski definition) is 14. The van der Waals surface area contributed by atoms with Gasteiger partial charge in [-0.05, 0) is 6.92 Å². The molecule has 0 aliphatic carbocycles. The lowest BCUT2D eigenvalue weighted by molar-refractivity contribution is -0.359. The zero-order valence-corrected chi connectivity index (χ0v) is 28.7. The third-order valence-electron chi connectivity index (χ3n) is 8.99. The molecule has 3 heterocycles. The molecule has 0 aromatic rings. The van der Waals surface area contributed by atoms with Crippen LogP contribution in [-0.4, -0.2) is 209 Å². The number of nitrogens with one attached hydrogen (secondary N) is 2. The number of nitrogens with two attached hydrogens (primary N) is 1. The molecule has 0 unspecified atom stereocenters. The van der Waals surface area contributed by atoms with Gasteiger partial charge < -0.3 is 101 Å². The van der Waals surface area contributed by atoms with Gasteiger partial charge in [0.2, 0.25) is 11.8 Å². The number of ether oxygens (including phenoxy) is 6. The van der Waals surface area contributed by atoms with Gasteiger partial charge in [0.25, 0.3) is 5.79 Å². The van der Waals surface area contributed by atoms with E-state index in [9.17, 15) is 75.3 Å². The minimum Gasteiger partial charge on any atom is -0.480 e. The van der Waals surface area contributed by atoms with Crippen molar-refractivity contribution < 1.29 is 104 Å². The number of rotatable bonds is 16. The van der Waals surface area contributed by atoms with E-state index in [1.54, 1.807) is 0 Å². The SMILES string of the molecule is CC(=O)N[C@H]1[C@@H](O[C@H](C)[C@H](N)C(=O)O)O[C@H](CO)[C@H](O)[C@@H]1O[C@@H]1O[C@H](CO[C@]2(C(=O)O)C[C@H](O)[C@@H](NC(C)=O)[C@H]([C@H](O)[C@H](O)CO)O2)[C@H](O)[C@H](O)[C@H]1O. The highest BCUT2D eigenvalue weighted by Gasteiger charge is 2.57. The first-order valence-electron chi connectivity index (χ1n) is 16.4. The zero-order valence-electron chi connectivity index (χ0n) is 28.7. The van der Waals surface area contributed by atoms with Crippen molar-refractivity contribution in [2.24, 2.45) is 5.73 Å². The van der Waals surface area contributed by atoms with Crippen LogP contribution in [0.5, 0.6) is 0 Å². The third-order valence-corrected chi connectivity index (χ3v) is 8.99. The van der Waals surface area contributed by atoms with Gasteiger partial charge in [-0.2, -0.15) is 0 Å². The summed E-state index contributed by atoms with van der Waals surface area (Å²) in [5.74, 6) is -7.76. The Kier molecular flexibility index (Phi) is 15.8. The van der Waals surface area contributed by atoms with E-state index in [-0.39, 0.29) is 0 Å². The molecule has 3 aliphatic heterocycles. The molecule has 3 aliphatic rings. The quantitative estimate of drug-likeness (QED) is 0.0692. The number of carboxylic acid groups (broad SMARTS) is 2. The molecule has 0 saturated carbocycles. The minimum absolute atomic E-state index is 0.744. The number of carbonyl (C=O) groups excluding carboxylic acids is 2. The molecule has 18 atom stereocenters. The zero-order chi connectivity index (χ0) is 40.1. The van der Waals surface area contributed by atoms with Crippen LogP contribution in [0.2, 0.25) is 0 Å². The predicted molar refractivity (Wildman–Crippen MR) is 166 cm³/mol. The van der Waals surface area contributed by atoms with E-state index in [4.69, 9.17) is 34.2 Å². The van der Waals surface area contributed by atoms with Gasteiger partial charge in [0.15, 0.2) is 12.6 Å². The van der Waals surface area contributed by atoms with E-state index in [1.807, 2.05) is 0 Å². The molecule has 0 radical (unpaired) electrons. The number of aliphatic hydroxyl groups is 9. The van der Waals surface area contributed by atoms with Crippen LogP contribution in [0.25, 0.3) is 0 Å². The summed E-state index contributed by atoms with van der Waals surface area (Å²) in [6.45, 7) is 0.406. The van der Waals surface area contributed by atoms with Gasteiger partial charge in [0.1, 0.15) is 73.1 Å². The van der Waals surface area contributed by atoms with Gasteiger partial charge in [0, 0.05) is 20.3 Å². The molecule has 3 fully saturated rings. The molecule has 3 saturated heterocycles. The van der Waals surface area contributed by atoms with E-state index in [1.165, 1.54) is 6.92 Å². The van der Waals surface area contributed by atoms with Gasteiger partial charge in [-0.25, -0.2) is 4.79 Å². The maximum Gasteiger partial charge on any atom is 0.364 e. The summed E-state index contributed by atoms with van der Waals surface area (Å²) in [6, 6.07) is -4.66. The fourth-order valence-electron chi connectivity index (χ4n) is 6.05. The van der Waals surface area contributed by atoms with Gasteiger partial charge >= 0.3 is 11.9 Å². The molecule has 2 amide bonds. The van der Waals surface area contributed by atoms with Crippen molar-refractivity contribution in [3.05, 3.63) is 0 Å².